The quantitative estimate of drug-likeness (QED) is 0.573. The first-order valence-electron chi connectivity index (χ1n) is 4.16. The Morgan fingerprint density at radius 3 is 2.00 bits per heavy atom. The van der Waals surface area contributed by atoms with Crippen molar-refractivity contribution < 1.29 is 14.4 Å². The van der Waals surface area contributed by atoms with Crippen molar-refractivity contribution in [3.8, 4) is 0 Å². The number of rotatable bonds is 5. The lowest BCUT2D eigenvalue weighted by molar-refractivity contribution is 0.343. The molecule has 0 spiro atoms. The first-order chi connectivity index (χ1) is 5.33. The lowest BCUT2D eigenvalue weighted by Crippen LogP contribution is -2.39. The minimum atomic E-state index is -3.87. The van der Waals surface area contributed by atoms with E-state index >= 15 is 0 Å². The fourth-order valence-electron chi connectivity index (χ4n) is 0.972. The van der Waals surface area contributed by atoms with Gasteiger partial charge in [0.1, 0.15) is 0 Å². The van der Waals surface area contributed by atoms with Gasteiger partial charge in [-0.2, -0.15) is 0 Å². The van der Waals surface area contributed by atoms with Crippen LogP contribution in [0, 0.1) is 0 Å². The van der Waals surface area contributed by atoms with Crippen LogP contribution in [0.1, 0.15) is 33.1 Å². The zero-order valence-electron chi connectivity index (χ0n) is 7.66. The number of nitrogens with two attached hydrogens (primary N) is 1. The maximum atomic E-state index is 10.5. The number of hydrogen-bond donors (Lipinski definition) is 3. The minimum absolute atomic E-state index is 0.106. The Morgan fingerprint density at radius 2 is 1.75 bits per heavy atom. The molecule has 0 aliphatic carbocycles. The summed E-state index contributed by atoms with van der Waals surface area (Å²) in [7, 11) is -3.87. The Balaban J connectivity index is 3.98. The topological polar surface area (TPSA) is 83.6 Å². The highest BCUT2D eigenvalue weighted by Crippen LogP contribution is 2.37. The molecule has 0 aliphatic rings. The number of hydrogen-bond acceptors (Lipinski definition) is 2. The van der Waals surface area contributed by atoms with E-state index < -0.39 is 13.1 Å². The molecular weight excluding hydrogens is 177 g/mol. The predicted molar refractivity (Wildman–Crippen MR) is 49.0 cm³/mol. The Labute approximate surface area is 73.3 Å². The maximum absolute atomic E-state index is 10.5. The molecule has 0 bridgehead atoms. The minimum Gasteiger partial charge on any atom is -0.325 e. The van der Waals surface area contributed by atoms with Gasteiger partial charge in [-0.15, -0.1) is 0 Å². The van der Waals surface area contributed by atoms with Crippen molar-refractivity contribution in [3.05, 3.63) is 0 Å². The molecule has 0 rings (SSSR count). The van der Waals surface area contributed by atoms with E-state index in [4.69, 9.17) is 15.5 Å². The Hall–Kier alpha value is 0.110. The molecule has 0 unspecified atom stereocenters. The van der Waals surface area contributed by atoms with Gasteiger partial charge in [0, 0.05) is 5.54 Å². The Kier molecular flexibility index (Phi) is 4.42. The highest BCUT2D eigenvalue weighted by molar-refractivity contribution is 7.51. The van der Waals surface area contributed by atoms with E-state index in [0.717, 1.165) is 12.8 Å². The molecule has 5 heteroatoms. The molecule has 0 radical (unpaired) electrons. The molecule has 12 heavy (non-hydrogen) atoms. The van der Waals surface area contributed by atoms with E-state index in [0.29, 0.717) is 6.42 Å². The van der Waals surface area contributed by atoms with Crippen molar-refractivity contribution >= 4 is 7.60 Å². The summed E-state index contributed by atoms with van der Waals surface area (Å²) in [5.74, 6) is 0. The summed E-state index contributed by atoms with van der Waals surface area (Å²) in [4.78, 5) is 17.3. The molecular formula is C7H18NO3P. The molecule has 0 fully saturated rings. The van der Waals surface area contributed by atoms with Crippen LogP contribution in [0.2, 0.25) is 0 Å². The first-order valence-corrected chi connectivity index (χ1v) is 5.96. The smallest absolute Gasteiger partial charge is 0.325 e. The van der Waals surface area contributed by atoms with Gasteiger partial charge in [0.15, 0.2) is 0 Å². The molecule has 0 aromatic heterocycles. The SMILES string of the molecule is CCC(N)(CC)CCP(=O)(O)O. The summed E-state index contributed by atoms with van der Waals surface area (Å²) in [6.45, 7) is 3.87. The van der Waals surface area contributed by atoms with Crippen LogP contribution >= 0.6 is 7.60 Å². The molecule has 0 saturated heterocycles. The molecule has 4 nitrogen and oxygen atoms in total. The summed E-state index contributed by atoms with van der Waals surface area (Å²) in [6.07, 6.45) is 1.79. The maximum Gasteiger partial charge on any atom is 0.325 e. The van der Waals surface area contributed by atoms with E-state index in [1.54, 1.807) is 0 Å². The molecule has 0 aromatic rings. The molecule has 0 aliphatic heterocycles. The first kappa shape index (κ1) is 12.1. The molecule has 0 amide bonds. The monoisotopic (exact) mass is 195 g/mol. The van der Waals surface area contributed by atoms with Gasteiger partial charge in [0.05, 0.1) is 6.16 Å². The molecule has 4 N–H and O–H groups in total. The second-order valence-electron chi connectivity index (χ2n) is 3.21. The highest BCUT2D eigenvalue weighted by atomic mass is 31.2. The van der Waals surface area contributed by atoms with Gasteiger partial charge in [0.2, 0.25) is 0 Å². The van der Waals surface area contributed by atoms with E-state index in [1.165, 1.54) is 0 Å². The standard InChI is InChI=1S/C7H18NO3P/c1-3-7(8,4-2)5-6-12(9,10)11/h3-6,8H2,1-2H3,(H2,9,10,11). The average Bonchev–Trinajstić information content (AvgIpc) is 1.99. The summed E-state index contributed by atoms with van der Waals surface area (Å²) in [5.41, 5.74) is 5.46. The molecule has 0 saturated carbocycles. The Morgan fingerprint density at radius 1 is 1.33 bits per heavy atom. The summed E-state index contributed by atoms with van der Waals surface area (Å²) >= 11 is 0. The van der Waals surface area contributed by atoms with Gasteiger partial charge in [-0.05, 0) is 19.3 Å². The van der Waals surface area contributed by atoms with Crippen LogP contribution in [0.4, 0.5) is 0 Å². The van der Waals surface area contributed by atoms with Gasteiger partial charge in [-0.25, -0.2) is 0 Å². The van der Waals surface area contributed by atoms with Crippen LogP contribution in [-0.4, -0.2) is 21.5 Å². The zero-order chi connectivity index (χ0) is 9.83. The van der Waals surface area contributed by atoms with Crippen LogP contribution in [0.25, 0.3) is 0 Å². The van der Waals surface area contributed by atoms with Crippen molar-refractivity contribution in [2.24, 2.45) is 5.73 Å². The lowest BCUT2D eigenvalue weighted by Gasteiger charge is -2.26. The Bertz CT molecular complexity index is 173. The van der Waals surface area contributed by atoms with Crippen LogP contribution in [0.3, 0.4) is 0 Å². The third-order valence-electron chi connectivity index (χ3n) is 2.31. The fraction of sp³-hybridized carbons (Fsp3) is 1.00. The zero-order valence-corrected chi connectivity index (χ0v) is 8.55. The lowest BCUT2D eigenvalue weighted by atomic mass is 9.91. The van der Waals surface area contributed by atoms with Crippen LogP contribution < -0.4 is 5.73 Å². The van der Waals surface area contributed by atoms with Gasteiger partial charge in [-0.1, -0.05) is 13.8 Å². The molecule has 0 heterocycles. The predicted octanol–water partition coefficient (Wildman–Crippen LogP) is 1.07. The average molecular weight is 195 g/mol. The summed E-state index contributed by atoms with van der Waals surface area (Å²) in [6, 6.07) is 0. The summed E-state index contributed by atoms with van der Waals surface area (Å²) in [5, 5.41) is 0. The van der Waals surface area contributed by atoms with Gasteiger partial charge in [0.25, 0.3) is 0 Å². The van der Waals surface area contributed by atoms with Crippen molar-refractivity contribution in [1.29, 1.82) is 0 Å². The molecule has 0 atom stereocenters. The van der Waals surface area contributed by atoms with E-state index in [1.807, 2.05) is 13.8 Å². The molecule has 0 aromatic carbocycles. The van der Waals surface area contributed by atoms with Gasteiger partial charge in [-0.3, -0.25) is 4.57 Å². The third-order valence-corrected chi connectivity index (χ3v) is 3.12. The van der Waals surface area contributed by atoms with E-state index in [9.17, 15) is 4.57 Å². The van der Waals surface area contributed by atoms with Gasteiger partial charge >= 0.3 is 7.60 Å². The largest absolute Gasteiger partial charge is 0.325 e. The van der Waals surface area contributed by atoms with Crippen molar-refractivity contribution in [2.45, 2.75) is 38.6 Å². The van der Waals surface area contributed by atoms with E-state index in [-0.39, 0.29) is 6.16 Å². The normalized spacial score (nSPS) is 13.4. The third kappa shape index (κ3) is 4.88. The fourth-order valence-corrected chi connectivity index (χ4v) is 1.71. The molecule has 74 valence electrons. The van der Waals surface area contributed by atoms with Crippen LogP contribution in [0.5, 0.6) is 0 Å². The van der Waals surface area contributed by atoms with Crippen molar-refractivity contribution in [2.75, 3.05) is 6.16 Å². The van der Waals surface area contributed by atoms with Crippen molar-refractivity contribution in [1.82, 2.24) is 0 Å². The second kappa shape index (κ2) is 4.38. The van der Waals surface area contributed by atoms with Crippen molar-refractivity contribution in [3.63, 3.8) is 0 Å². The van der Waals surface area contributed by atoms with Gasteiger partial charge < -0.3 is 15.5 Å². The van der Waals surface area contributed by atoms with Crippen LogP contribution in [0.15, 0.2) is 0 Å². The second-order valence-corrected chi connectivity index (χ2v) is 4.98. The summed E-state index contributed by atoms with van der Waals surface area (Å²) < 4.78 is 10.5. The van der Waals surface area contributed by atoms with Crippen LogP contribution in [-0.2, 0) is 4.57 Å². The van der Waals surface area contributed by atoms with E-state index in [2.05, 4.69) is 0 Å². The highest BCUT2D eigenvalue weighted by Gasteiger charge is 2.24.